The van der Waals surface area contributed by atoms with E-state index in [0.717, 1.165) is 0 Å². The van der Waals surface area contributed by atoms with Gasteiger partial charge in [-0.3, -0.25) is 9.59 Å². The van der Waals surface area contributed by atoms with Gasteiger partial charge in [0.25, 0.3) is 5.91 Å². The number of esters is 1. The van der Waals surface area contributed by atoms with E-state index in [-0.39, 0.29) is 17.2 Å². The Kier molecular flexibility index (Phi) is 6.22. The van der Waals surface area contributed by atoms with Gasteiger partial charge in [-0.1, -0.05) is 18.2 Å². The molecule has 1 amide bonds. The van der Waals surface area contributed by atoms with Gasteiger partial charge in [0.1, 0.15) is 11.3 Å². The average molecular weight is 405 g/mol. The third-order valence-corrected chi connectivity index (χ3v) is 4.37. The van der Waals surface area contributed by atoms with E-state index in [2.05, 4.69) is 5.32 Å². The molecular weight excluding hydrogens is 386 g/mol. The summed E-state index contributed by atoms with van der Waals surface area (Å²) in [5, 5.41) is 2.74. The summed E-state index contributed by atoms with van der Waals surface area (Å²) in [6.07, 6.45) is 0. The highest BCUT2D eigenvalue weighted by atomic mass is 16.5. The summed E-state index contributed by atoms with van der Waals surface area (Å²) < 4.78 is 9.98. The second-order valence-electron chi connectivity index (χ2n) is 6.58. The van der Waals surface area contributed by atoms with Crippen LogP contribution in [-0.4, -0.2) is 24.3 Å². The Labute approximate surface area is 172 Å². The molecule has 30 heavy (non-hydrogen) atoms. The molecule has 1 heterocycles. The van der Waals surface area contributed by atoms with Crippen LogP contribution in [-0.2, 0) is 4.74 Å². The number of ether oxygens (including phenoxy) is 1. The highest BCUT2D eigenvalue weighted by molar-refractivity contribution is 6.05. The molecule has 0 saturated heterocycles. The standard InChI is InChI=1S/C23H19NO6/c1-14-12-20(26)30-15(2)21(14)23(28)29-13-19(25)16-8-10-18(11-9-16)24-22(27)17-6-4-3-5-7-17/h3-12H,13H2,1-2H3,(H,24,27). The van der Waals surface area contributed by atoms with Gasteiger partial charge < -0.3 is 14.5 Å². The van der Waals surface area contributed by atoms with Crippen molar-refractivity contribution in [3.05, 3.63) is 99.1 Å². The molecule has 0 aliphatic heterocycles. The maximum absolute atomic E-state index is 12.3. The number of carbonyl (C=O) groups excluding carboxylic acids is 3. The first kappa shape index (κ1) is 20.7. The van der Waals surface area contributed by atoms with Crippen LogP contribution in [0.2, 0.25) is 0 Å². The summed E-state index contributed by atoms with van der Waals surface area (Å²) in [6, 6.07) is 16.2. The van der Waals surface area contributed by atoms with Crippen LogP contribution < -0.4 is 10.9 Å². The lowest BCUT2D eigenvalue weighted by Crippen LogP contribution is -2.17. The second kappa shape index (κ2) is 9.00. The summed E-state index contributed by atoms with van der Waals surface area (Å²) in [5.41, 5.74) is 1.36. The molecule has 0 bridgehead atoms. The first-order chi connectivity index (χ1) is 14.3. The van der Waals surface area contributed by atoms with Crippen molar-refractivity contribution in [2.24, 2.45) is 0 Å². The van der Waals surface area contributed by atoms with E-state index in [1.54, 1.807) is 43.3 Å². The second-order valence-corrected chi connectivity index (χ2v) is 6.58. The Bertz CT molecular complexity index is 1120. The zero-order valence-electron chi connectivity index (χ0n) is 16.4. The number of ketones is 1. The van der Waals surface area contributed by atoms with E-state index in [1.165, 1.54) is 25.1 Å². The largest absolute Gasteiger partial charge is 0.454 e. The Morgan fingerprint density at radius 1 is 0.933 bits per heavy atom. The Morgan fingerprint density at radius 3 is 2.23 bits per heavy atom. The van der Waals surface area contributed by atoms with Gasteiger partial charge in [0.05, 0.1) is 0 Å². The first-order valence-electron chi connectivity index (χ1n) is 9.13. The van der Waals surface area contributed by atoms with Crippen LogP contribution in [0.4, 0.5) is 5.69 Å². The van der Waals surface area contributed by atoms with Crippen LogP contribution in [0, 0.1) is 13.8 Å². The van der Waals surface area contributed by atoms with Gasteiger partial charge in [-0.25, -0.2) is 9.59 Å². The Balaban J connectivity index is 1.60. The molecule has 0 saturated carbocycles. The van der Waals surface area contributed by atoms with Gasteiger partial charge in [-0.2, -0.15) is 0 Å². The Hall–Kier alpha value is -4.00. The van der Waals surface area contributed by atoms with Crippen LogP contribution in [0.15, 0.2) is 69.9 Å². The van der Waals surface area contributed by atoms with Crippen LogP contribution >= 0.6 is 0 Å². The number of aryl methyl sites for hydroxylation is 2. The maximum Gasteiger partial charge on any atom is 0.342 e. The molecule has 7 heteroatoms. The van der Waals surface area contributed by atoms with Crippen molar-refractivity contribution in [3.8, 4) is 0 Å². The van der Waals surface area contributed by atoms with Crippen molar-refractivity contribution < 1.29 is 23.5 Å². The van der Waals surface area contributed by atoms with Crippen molar-refractivity contribution in [3.63, 3.8) is 0 Å². The number of anilines is 1. The molecule has 0 aliphatic rings. The van der Waals surface area contributed by atoms with Crippen molar-refractivity contribution >= 4 is 23.3 Å². The normalized spacial score (nSPS) is 10.3. The molecule has 0 unspecified atom stereocenters. The van der Waals surface area contributed by atoms with Gasteiger partial charge >= 0.3 is 11.6 Å². The molecule has 1 N–H and O–H groups in total. The van der Waals surface area contributed by atoms with Crippen molar-refractivity contribution in [2.45, 2.75) is 13.8 Å². The molecule has 3 aromatic rings. The summed E-state index contributed by atoms with van der Waals surface area (Å²) in [7, 11) is 0. The summed E-state index contributed by atoms with van der Waals surface area (Å²) in [5.74, 6) is -1.27. The quantitative estimate of drug-likeness (QED) is 0.497. The minimum absolute atomic E-state index is 0.126. The van der Waals surface area contributed by atoms with Crippen LogP contribution in [0.5, 0.6) is 0 Å². The van der Waals surface area contributed by atoms with Crippen LogP contribution in [0.25, 0.3) is 0 Å². The lowest BCUT2D eigenvalue weighted by molar-refractivity contribution is 0.0470. The van der Waals surface area contributed by atoms with E-state index < -0.39 is 24.0 Å². The lowest BCUT2D eigenvalue weighted by atomic mass is 10.1. The molecule has 0 spiro atoms. The number of Topliss-reactive ketones (excluding diaryl/α,β-unsaturated/α-hetero) is 1. The van der Waals surface area contributed by atoms with Crippen molar-refractivity contribution in [1.29, 1.82) is 0 Å². The molecule has 0 aliphatic carbocycles. The van der Waals surface area contributed by atoms with E-state index in [0.29, 0.717) is 22.4 Å². The van der Waals surface area contributed by atoms with Gasteiger partial charge in [0.15, 0.2) is 12.4 Å². The molecule has 2 aromatic carbocycles. The highest BCUT2D eigenvalue weighted by Crippen LogP contribution is 2.14. The minimum Gasteiger partial charge on any atom is -0.454 e. The number of rotatable bonds is 6. The summed E-state index contributed by atoms with van der Waals surface area (Å²) in [6.45, 7) is 2.60. The van der Waals surface area contributed by atoms with E-state index in [4.69, 9.17) is 9.15 Å². The SMILES string of the molecule is Cc1cc(=O)oc(C)c1C(=O)OCC(=O)c1ccc(NC(=O)c2ccccc2)cc1. The van der Waals surface area contributed by atoms with Crippen LogP contribution in [0.1, 0.15) is 42.4 Å². The van der Waals surface area contributed by atoms with E-state index in [1.807, 2.05) is 6.07 Å². The monoisotopic (exact) mass is 405 g/mol. The number of hydrogen-bond donors (Lipinski definition) is 1. The van der Waals surface area contributed by atoms with E-state index >= 15 is 0 Å². The smallest absolute Gasteiger partial charge is 0.342 e. The molecule has 1 aromatic heterocycles. The van der Waals surface area contributed by atoms with Gasteiger partial charge in [0, 0.05) is 22.9 Å². The third-order valence-electron chi connectivity index (χ3n) is 4.37. The fourth-order valence-corrected chi connectivity index (χ4v) is 2.88. The van der Waals surface area contributed by atoms with Crippen molar-refractivity contribution in [2.75, 3.05) is 11.9 Å². The fourth-order valence-electron chi connectivity index (χ4n) is 2.88. The van der Waals surface area contributed by atoms with E-state index in [9.17, 15) is 19.2 Å². The maximum atomic E-state index is 12.3. The molecule has 0 atom stereocenters. The summed E-state index contributed by atoms with van der Waals surface area (Å²) >= 11 is 0. The number of amides is 1. The molecule has 152 valence electrons. The predicted molar refractivity (Wildman–Crippen MR) is 110 cm³/mol. The fraction of sp³-hybridized carbons (Fsp3) is 0.130. The lowest BCUT2D eigenvalue weighted by Gasteiger charge is -2.09. The number of nitrogens with one attached hydrogen (secondary N) is 1. The molecule has 0 radical (unpaired) electrons. The molecular formula is C23H19NO6. The highest BCUT2D eigenvalue weighted by Gasteiger charge is 2.18. The number of carbonyl (C=O) groups is 3. The average Bonchev–Trinajstić information content (AvgIpc) is 2.72. The first-order valence-corrected chi connectivity index (χ1v) is 9.13. The molecule has 0 fully saturated rings. The zero-order chi connectivity index (χ0) is 21.7. The molecule has 3 rings (SSSR count). The topological polar surface area (TPSA) is 103 Å². The minimum atomic E-state index is -0.742. The molecule has 7 nitrogen and oxygen atoms in total. The van der Waals surface area contributed by atoms with Crippen LogP contribution in [0.3, 0.4) is 0 Å². The number of benzene rings is 2. The van der Waals surface area contributed by atoms with Gasteiger partial charge in [0.2, 0.25) is 0 Å². The zero-order valence-corrected chi connectivity index (χ0v) is 16.4. The Morgan fingerprint density at radius 2 is 1.60 bits per heavy atom. The summed E-state index contributed by atoms with van der Waals surface area (Å²) in [4.78, 5) is 48.1. The van der Waals surface area contributed by atoms with Crippen molar-refractivity contribution in [1.82, 2.24) is 0 Å². The predicted octanol–water partition coefficient (Wildman–Crippen LogP) is 3.55. The van der Waals surface area contributed by atoms with Gasteiger partial charge in [-0.15, -0.1) is 0 Å². The third kappa shape index (κ3) is 4.88. The van der Waals surface area contributed by atoms with Gasteiger partial charge in [-0.05, 0) is 55.8 Å². The number of hydrogen-bond acceptors (Lipinski definition) is 6.